The van der Waals surface area contributed by atoms with Crippen molar-refractivity contribution in [3.63, 3.8) is 0 Å². The highest BCUT2D eigenvalue weighted by atomic mass is 32.2. The summed E-state index contributed by atoms with van der Waals surface area (Å²) in [5.41, 5.74) is 0. The second-order valence-corrected chi connectivity index (χ2v) is 6.03. The van der Waals surface area contributed by atoms with Crippen molar-refractivity contribution in [3.05, 3.63) is 0 Å². The smallest absolute Gasteiger partial charge is 0.0454 e. The van der Waals surface area contributed by atoms with Crippen LogP contribution in [0, 0.1) is 0 Å². The zero-order valence-electron chi connectivity index (χ0n) is 9.89. The molecule has 1 aliphatic rings. The normalized spacial score (nSPS) is 24.0. The lowest BCUT2D eigenvalue weighted by molar-refractivity contribution is 0.614. The van der Waals surface area contributed by atoms with E-state index >= 15 is 0 Å². The molecule has 0 spiro atoms. The molecule has 0 aromatic carbocycles. The van der Waals surface area contributed by atoms with E-state index in [2.05, 4.69) is 21.3 Å². The molecule has 1 rings (SSSR count). The molecule has 0 aromatic heterocycles. The third kappa shape index (κ3) is 9.74. The highest BCUT2D eigenvalue weighted by molar-refractivity contribution is 7.99. The Morgan fingerprint density at radius 3 is 1.12 bits per heavy atom. The first-order valence-electron chi connectivity index (χ1n) is 5.98. The third-order valence-corrected chi connectivity index (χ3v) is 4.16. The molecule has 1 fully saturated rings. The SMILES string of the molecule is C1CSCCNCNCCSCCNCN1. The van der Waals surface area contributed by atoms with Gasteiger partial charge in [-0.05, 0) is 0 Å². The van der Waals surface area contributed by atoms with Gasteiger partial charge in [0.2, 0.25) is 0 Å². The predicted molar refractivity (Wildman–Crippen MR) is 76.4 cm³/mol. The van der Waals surface area contributed by atoms with Gasteiger partial charge in [0.05, 0.1) is 0 Å². The van der Waals surface area contributed by atoms with Crippen LogP contribution in [0.25, 0.3) is 0 Å². The fraction of sp³-hybridized carbons (Fsp3) is 1.00. The zero-order valence-corrected chi connectivity index (χ0v) is 11.5. The quantitative estimate of drug-likeness (QED) is 0.484. The maximum Gasteiger partial charge on any atom is 0.0454 e. The summed E-state index contributed by atoms with van der Waals surface area (Å²) in [6.45, 7) is 6.29. The Bertz CT molecular complexity index is 84.8. The van der Waals surface area contributed by atoms with E-state index in [9.17, 15) is 0 Å². The van der Waals surface area contributed by atoms with Crippen molar-refractivity contribution in [2.75, 3.05) is 62.5 Å². The minimum absolute atomic E-state index is 0.942. The van der Waals surface area contributed by atoms with Crippen molar-refractivity contribution in [1.29, 1.82) is 0 Å². The van der Waals surface area contributed by atoms with E-state index in [0.29, 0.717) is 0 Å². The summed E-state index contributed by atoms with van der Waals surface area (Å²) in [6, 6.07) is 0. The van der Waals surface area contributed by atoms with Crippen molar-refractivity contribution in [2.45, 2.75) is 0 Å². The lowest BCUT2D eigenvalue weighted by Crippen LogP contribution is -2.34. The van der Waals surface area contributed by atoms with E-state index in [-0.39, 0.29) is 0 Å². The van der Waals surface area contributed by atoms with E-state index < -0.39 is 0 Å². The molecule has 0 saturated carbocycles. The number of hydrogen-bond acceptors (Lipinski definition) is 6. The molecule has 0 amide bonds. The van der Waals surface area contributed by atoms with Gasteiger partial charge in [-0.1, -0.05) is 0 Å². The molecule has 1 heterocycles. The van der Waals surface area contributed by atoms with Crippen LogP contribution in [0.4, 0.5) is 0 Å². The van der Waals surface area contributed by atoms with Crippen LogP contribution >= 0.6 is 23.5 Å². The molecule has 4 N–H and O–H groups in total. The van der Waals surface area contributed by atoms with Crippen LogP contribution in [-0.2, 0) is 0 Å². The molecule has 0 atom stereocenters. The first kappa shape index (κ1) is 14.6. The summed E-state index contributed by atoms with van der Waals surface area (Å²) in [5, 5.41) is 13.6. The molecule has 0 radical (unpaired) electrons. The van der Waals surface area contributed by atoms with Gasteiger partial charge in [0.15, 0.2) is 0 Å². The summed E-state index contributed by atoms with van der Waals surface area (Å²) in [4.78, 5) is 0. The van der Waals surface area contributed by atoms with Gasteiger partial charge in [-0.2, -0.15) is 23.5 Å². The van der Waals surface area contributed by atoms with Crippen molar-refractivity contribution in [2.24, 2.45) is 0 Å². The average Bonchev–Trinajstić information content (AvgIpc) is 2.29. The summed E-state index contributed by atoms with van der Waals surface area (Å²) in [7, 11) is 0. The minimum Gasteiger partial charge on any atom is -0.304 e. The van der Waals surface area contributed by atoms with E-state index in [4.69, 9.17) is 0 Å². The fourth-order valence-corrected chi connectivity index (χ4v) is 2.87. The molecule has 4 nitrogen and oxygen atoms in total. The van der Waals surface area contributed by atoms with E-state index in [1.165, 1.54) is 23.0 Å². The topological polar surface area (TPSA) is 48.1 Å². The fourth-order valence-electron chi connectivity index (χ4n) is 1.31. The van der Waals surface area contributed by atoms with Gasteiger partial charge in [-0.3, -0.25) is 0 Å². The number of thioether (sulfide) groups is 2. The molecule has 0 aliphatic carbocycles. The predicted octanol–water partition coefficient (Wildman–Crippen LogP) is -0.260. The molecule has 0 bridgehead atoms. The highest BCUT2D eigenvalue weighted by Crippen LogP contribution is 1.97. The van der Waals surface area contributed by atoms with E-state index in [1.807, 2.05) is 23.5 Å². The van der Waals surface area contributed by atoms with Gasteiger partial charge in [-0.25, -0.2) is 0 Å². The Morgan fingerprint density at radius 1 is 0.500 bits per heavy atom. The summed E-state index contributed by atoms with van der Waals surface area (Å²) < 4.78 is 0. The zero-order chi connectivity index (χ0) is 11.3. The summed E-state index contributed by atoms with van der Waals surface area (Å²) in [6.07, 6.45) is 0. The largest absolute Gasteiger partial charge is 0.304 e. The first-order chi connectivity index (χ1) is 8.00. The molecular weight excluding hydrogens is 240 g/mol. The van der Waals surface area contributed by atoms with E-state index in [1.54, 1.807) is 0 Å². The lowest BCUT2D eigenvalue weighted by Gasteiger charge is -2.09. The van der Waals surface area contributed by atoms with Crippen LogP contribution < -0.4 is 21.3 Å². The molecule has 1 aliphatic heterocycles. The number of nitrogens with one attached hydrogen (secondary N) is 4. The molecule has 16 heavy (non-hydrogen) atoms. The van der Waals surface area contributed by atoms with Crippen LogP contribution in [0.2, 0.25) is 0 Å². The Labute approximate surface area is 107 Å². The van der Waals surface area contributed by atoms with Crippen LogP contribution in [0.1, 0.15) is 0 Å². The molecule has 96 valence electrons. The van der Waals surface area contributed by atoms with Crippen molar-refractivity contribution < 1.29 is 0 Å². The maximum absolute atomic E-state index is 3.39. The number of hydrogen-bond donors (Lipinski definition) is 4. The van der Waals surface area contributed by atoms with Gasteiger partial charge < -0.3 is 21.3 Å². The van der Waals surface area contributed by atoms with Gasteiger partial charge in [0, 0.05) is 62.5 Å². The van der Waals surface area contributed by atoms with E-state index in [0.717, 1.165) is 39.5 Å². The second-order valence-electron chi connectivity index (χ2n) is 3.58. The van der Waals surface area contributed by atoms with Crippen LogP contribution in [0.5, 0.6) is 0 Å². The third-order valence-electron chi connectivity index (χ3n) is 2.19. The Kier molecular flexibility index (Phi) is 11.0. The Morgan fingerprint density at radius 2 is 0.812 bits per heavy atom. The summed E-state index contributed by atoms with van der Waals surface area (Å²) in [5.74, 6) is 4.80. The molecule has 0 aromatic rings. The van der Waals surface area contributed by atoms with Gasteiger partial charge in [0.1, 0.15) is 0 Å². The molecule has 6 heteroatoms. The maximum atomic E-state index is 3.39. The van der Waals surface area contributed by atoms with Crippen molar-refractivity contribution in [3.8, 4) is 0 Å². The molecular formula is C10H24N4S2. The summed E-state index contributed by atoms with van der Waals surface area (Å²) >= 11 is 4.01. The molecule has 1 saturated heterocycles. The standard InChI is InChI=1S/C10H24N4S2/c1-5-15-6-2-13-10-14-4-8-16-7-3-12-9-11-1/h11-14H,1-10H2. The minimum atomic E-state index is 0.942. The van der Waals surface area contributed by atoms with Gasteiger partial charge in [0.25, 0.3) is 0 Å². The van der Waals surface area contributed by atoms with Crippen LogP contribution in [-0.4, -0.2) is 62.5 Å². The number of rotatable bonds is 0. The highest BCUT2D eigenvalue weighted by Gasteiger charge is 1.93. The van der Waals surface area contributed by atoms with Gasteiger partial charge >= 0.3 is 0 Å². The average molecular weight is 264 g/mol. The first-order valence-corrected chi connectivity index (χ1v) is 8.29. The second kappa shape index (κ2) is 12.0. The van der Waals surface area contributed by atoms with Crippen LogP contribution in [0.15, 0.2) is 0 Å². The Hall–Kier alpha value is 0.540. The van der Waals surface area contributed by atoms with Crippen molar-refractivity contribution in [1.82, 2.24) is 21.3 Å². The van der Waals surface area contributed by atoms with Crippen molar-refractivity contribution >= 4 is 23.5 Å². The Balaban J connectivity index is 2.00. The lowest BCUT2D eigenvalue weighted by atomic mass is 10.7. The molecule has 0 unspecified atom stereocenters. The van der Waals surface area contributed by atoms with Gasteiger partial charge in [-0.15, -0.1) is 0 Å². The van der Waals surface area contributed by atoms with Crippen LogP contribution in [0.3, 0.4) is 0 Å². The monoisotopic (exact) mass is 264 g/mol.